The minimum atomic E-state index is -0.410. The number of non-ortho nitro benzene ring substituents is 1. The lowest BCUT2D eigenvalue weighted by Crippen LogP contribution is -2.06. The molecule has 2 aromatic heterocycles. The summed E-state index contributed by atoms with van der Waals surface area (Å²) in [6.45, 7) is 0.581. The van der Waals surface area contributed by atoms with Crippen LogP contribution in [0, 0.1) is 10.1 Å². The Balaban J connectivity index is 1.85. The van der Waals surface area contributed by atoms with E-state index in [1.54, 1.807) is 18.3 Å². The molecule has 0 aliphatic rings. The number of anilines is 1. The Morgan fingerprint density at radius 2 is 2.19 bits per heavy atom. The van der Waals surface area contributed by atoms with Crippen molar-refractivity contribution < 1.29 is 9.45 Å². The number of fused-ring (bicyclic) bond motifs is 1. The number of hydrogen-bond donors (Lipinski definition) is 1. The van der Waals surface area contributed by atoms with E-state index in [2.05, 4.69) is 20.4 Å². The molecule has 8 nitrogen and oxygen atoms in total. The summed E-state index contributed by atoms with van der Waals surface area (Å²) >= 11 is 0. The van der Waals surface area contributed by atoms with Gasteiger partial charge in [-0.15, -0.1) is 0 Å². The number of aromatic nitrogens is 3. The predicted octanol–water partition coefficient (Wildman–Crippen LogP) is 2.18. The highest BCUT2D eigenvalue weighted by atomic mass is 16.6. The number of nitrogens with zero attached hydrogens (tertiary/aromatic N) is 4. The van der Waals surface area contributed by atoms with E-state index in [4.69, 9.17) is 4.52 Å². The van der Waals surface area contributed by atoms with Crippen molar-refractivity contribution in [3.05, 3.63) is 52.9 Å². The molecule has 0 radical (unpaired) electrons. The van der Waals surface area contributed by atoms with E-state index >= 15 is 0 Å². The third-order valence-corrected chi connectivity index (χ3v) is 3.05. The number of nitro groups is 1. The highest BCUT2D eigenvalue weighted by Gasteiger charge is 2.14. The molecule has 0 saturated carbocycles. The van der Waals surface area contributed by atoms with Gasteiger partial charge in [-0.25, -0.2) is 0 Å². The predicted molar refractivity (Wildman–Crippen MR) is 74.9 cm³/mol. The van der Waals surface area contributed by atoms with Crippen LogP contribution >= 0.6 is 0 Å². The lowest BCUT2D eigenvalue weighted by Gasteiger charge is -2.08. The van der Waals surface area contributed by atoms with E-state index < -0.39 is 4.92 Å². The van der Waals surface area contributed by atoms with Gasteiger partial charge in [-0.3, -0.25) is 15.1 Å². The van der Waals surface area contributed by atoms with E-state index in [1.807, 2.05) is 0 Å². The zero-order valence-electron chi connectivity index (χ0n) is 10.9. The summed E-state index contributed by atoms with van der Waals surface area (Å²) in [6.07, 6.45) is 5.03. The second-order valence-corrected chi connectivity index (χ2v) is 4.32. The second kappa shape index (κ2) is 5.53. The highest BCUT2D eigenvalue weighted by molar-refractivity contribution is 5.99. The van der Waals surface area contributed by atoms with Crippen LogP contribution in [0.2, 0.25) is 0 Å². The highest BCUT2D eigenvalue weighted by Crippen LogP contribution is 2.30. The molecule has 8 heteroatoms. The van der Waals surface area contributed by atoms with E-state index in [0.717, 1.165) is 11.1 Å². The second-order valence-electron chi connectivity index (χ2n) is 4.32. The number of nitro benzene ring substituents is 1. The third kappa shape index (κ3) is 2.64. The van der Waals surface area contributed by atoms with Gasteiger partial charge in [-0.1, -0.05) is 5.16 Å². The van der Waals surface area contributed by atoms with Gasteiger partial charge in [0.05, 0.1) is 10.3 Å². The number of nitrogens with one attached hydrogen (secondary N) is 1. The van der Waals surface area contributed by atoms with Gasteiger partial charge in [0.1, 0.15) is 0 Å². The molecule has 21 heavy (non-hydrogen) atoms. The fourth-order valence-corrected chi connectivity index (χ4v) is 2.10. The summed E-state index contributed by atoms with van der Waals surface area (Å²) in [5, 5.41) is 19.0. The van der Waals surface area contributed by atoms with Crippen LogP contribution in [-0.2, 0) is 6.42 Å². The molecule has 0 saturated heterocycles. The Labute approximate surface area is 119 Å². The van der Waals surface area contributed by atoms with E-state index in [-0.39, 0.29) is 5.69 Å². The summed E-state index contributed by atoms with van der Waals surface area (Å²) < 4.78 is 4.91. The maximum Gasteiger partial charge on any atom is 0.278 e. The van der Waals surface area contributed by atoms with Crippen molar-refractivity contribution in [1.29, 1.82) is 0 Å². The Morgan fingerprint density at radius 3 is 2.95 bits per heavy atom. The Hall–Kier alpha value is -3.03. The van der Waals surface area contributed by atoms with Gasteiger partial charge in [0.2, 0.25) is 5.89 Å². The van der Waals surface area contributed by atoms with Crippen molar-refractivity contribution in [2.45, 2.75) is 6.42 Å². The molecule has 0 unspecified atom stereocenters. The van der Waals surface area contributed by atoms with Crippen LogP contribution in [-0.4, -0.2) is 26.6 Å². The standard InChI is InChI=1S/C13H11N5O3/c19-18(20)12-2-1-11(9-3-5-14-7-10(9)12)15-6-4-13-16-8-17-21-13/h1-3,5,7-8,15H,4,6H2. The van der Waals surface area contributed by atoms with Crippen molar-refractivity contribution in [2.24, 2.45) is 0 Å². The summed E-state index contributed by atoms with van der Waals surface area (Å²) in [6, 6.07) is 4.91. The van der Waals surface area contributed by atoms with Gasteiger partial charge in [-0.05, 0) is 12.1 Å². The van der Waals surface area contributed by atoms with Gasteiger partial charge in [-0.2, -0.15) is 4.98 Å². The first kappa shape index (κ1) is 13.0. The van der Waals surface area contributed by atoms with E-state index in [9.17, 15) is 10.1 Å². The monoisotopic (exact) mass is 285 g/mol. The van der Waals surface area contributed by atoms with E-state index in [1.165, 1.54) is 18.6 Å². The summed E-state index contributed by atoms with van der Waals surface area (Å²) in [7, 11) is 0. The smallest absolute Gasteiger partial charge is 0.278 e. The molecule has 0 aliphatic carbocycles. The van der Waals surface area contributed by atoms with Crippen molar-refractivity contribution >= 4 is 22.1 Å². The largest absolute Gasteiger partial charge is 0.384 e. The fraction of sp³-hybridized carbons (Fsp3) is 0.154. The molecule has 0 fully saturated rings. The van der Waals surface area contributed by atoms with Gasteiger partial charge in [0.25, 0.3) is 5.69 Å². The Kier molecular flexibility index (Phi) is 3.42. The van der Waals surface area contributed by atoms with Gasteiger partial charge in [0, 0.05) is 42.5 Å². The number of rotatable bonds is 5. The van der Waals surface area contributed by atoms with Crippen LogP contribution in [0.5, 0.6) is 0 Å². The van der Waals surface area contributed by atoms with Crippen LogP contribution < -0.4 is 5.32 Å². The van der Waals surface area contributed by atoms with Gasteiger partial charge >= 0.3 is 0 Å². The number of pyridine rings is 1. The Bertz CT molecular complexity index is 773. The van der Waals surface area contributed by atoms with Crippen molar-refractivity contribution in [1.82, 2.24) is 15.1 Å². The molecule has 0 atom stereocenters. The molecule has 2 heterocycles. The molecule has 3 rings (SSSR count). The number of hydrogen-bond acceptors (Lipinski definition) is 7. The van der Waals surface area contributed by atoms with Crippen molar-refractivity contribution in [3.8, 4) is 0 Å². The summed E-state index contributed by atoms with van der Waals surface area (Å²) in [5.74, 6) is 0.537. The zero-order valence-corrected chi connectivity index (χ0v) is 10.9. The molecule has 3 aromatic rings. The topological polar surface area (TPSA) is 107 Å². The van der Waals surface area contributed by atoms with Crippen LogP contribution in [0.3, 0.4) is 0 Å². The lowest BCUT2D eigenvalue weighted by atomic mass is 10.1. The first-order chi connectivity index (χ1) is 10.3. The first-order valence-corrected chi connectivity index (χ1v) is 6.26. The average Bonchev–Trinajstić information content (AvgIpc) is 3.00. The summed E-state index contributed by atoms with van der Waals surface area (Å²) in [4.78, 5) is 18.5. The van der Waals surface area contributed by atoms with Gasteiger partial charge < -0.3 is 9.84 Å². The average molecular weight is 285 g/mol. The van der Waals surface area contributed by atoms with Crippen LogP contribution in [0.1, 0.15) is 5.89 Å². The van der Waals surface area contributed by atoms with Crippen LogP contribution in [0.4, 0.5) is 11.4 Å². The minimum absolute atomic E-state index is 0.0422. The number of benzene rings is 1. The fourth-order valence-electron chi connectivity index (χ4n) is 2.10. The molecule has 106 valence electrons. The molecular formula is C13H11N5O3. The lowest BCUT2D eigenvalue weighted by molar-refractivity contribution is -0.383. The molecule has 0 spiro atoms. The van der Waals surface area contributed by atoms with Crippen LogP contribution in [0.25, 0.3) is 10.8 Å². The zero-order chi connectivity index (χ0) is 14.7. The molecule has 1 N–H and O–H groups in total. The van der Waals surface area contributed by atoms with Gasteiger partial charge in [0.15, 0.2) is 6.33 Å². The minimum Gasteiger partial charge on any atom is -0.384 e. The molecule has 0 amide bonds. The van der Waals surface area contributed by atoms with E-state index in [0.29, 0.717) is 24.2 Å². The quantitative estimate of drug-likeness (QED) is 0.565. The maximum absolute atomic E-state index is 11.0. The van der Waals surface area contributed by atoms with Crippen molar-refractivity contribution in [2.75, 3.05) is 11.9 Å². The Morgan fingerprint density at radius 1 is 1.29 bits per heavy atom. The molecular weight excluding hydrogens is 274 g/mol. The van der Waals surface area contributed by atoms with Crippen LogP contribution in [0.15, 0.2) is 41.4 Å². The molecule has 1 aromatic carbocycles. The SMILES string of the molecule is O=[N+]([O-])c1ccc(NCCc2ncno2)c2ccncc12. The summed E-state index contributed by atoms with van der Waals surface area (Å²) in [5.41, 5.74) is 0.845. The molecule has 0 bridgehead atoms. The third-order valence-electron chi connectivity index (χ3n) is 3.05. The normalized spacial score (nSPS) is 10.7. The van der Waals surface area contributed by atoms with Crippen molar-refractivity contribution in [3.63, 3.8) is 0 Å². The molecule has 0 aliphatic heterocycles. The maximum atomic E-state index is 11.0. The first-order valence-electron chi connectivity index (χ1n) is 6.26.